The SMILES string of the molecule is Cn1cc(C2(CN)CCCC2)cn1. The summed E-state index contributed by atoms with van der Waals surface area (Å²) in [4.78, 5) is 0. The Balaban J connectivity index is 2.30. The summed E-state index contributed by atoms with van der Waals surface area (Å²) < 4.78 is 1.87. The number of aryl methyl sites for hydroxylation is 1. The van der Waals surface area contributed by atoms with E-state index >= 15 is 0 Å². The lowest BCUT2D eigenvalue weighted by Gasteiger charge is -2.25. The van der Waals surface area contributed by atoms with Crippen molar-refractivity contribution in [2.45, 2.75) is 31.1 Å². The Kier molecular flexibility index (Phi) is 2.12. The van der Waals surface area contributed by atoms with Crippen LogP contribution < -0.4 is 5.73 Å². The molecule has 13 heavy (non-hydrogen) atoms. The molecule has 3 heteroatoms. The van der Waals surface area contributed by atoms with Gasteiger partial charge < -0.3 is 5.73 Å². The number of hydrogen-bond donors (Lipinski definition) is 1. The van der Waals surface area contributed by atoms with Gasteiger partial charge in [-0.3, -0.25) is 4.68 Å². The number of hydrogen-bond acceptors (Lipinski definition) is 2. The van der Waals surface area contributed by atoms with E-state index in [1.54, 1.807) is 0 Å². The van der Waals surface area contributed by atoms with Gasteiger partial charge in [-0.25, -0.2) is 0 Å². The first-order chi connectivity index (χ1) is 6.27. The van der Waals surface area contributed by atoms with Crippen LogP contribution in [0.15, 0.2) is 12.4 Å². The minimum atomic E-state index is 0.244. The molecular formula is C10H17N3. The molecule has 1 saturated carbocycles. The second-order valence-electron chi connectivity index (χ2n) is 4.09. The smallest absolute Gasteiger partial charge is 0.0527 e. The van der Waals surface area contributed by atoms with Gasteiger partial charge in [0.25, 0.3) is 0 Å². The van der Waals surface area contributed by atoms with Gasteiger partial charge in [-0.2, -0.15) is 5.10 Å². The van der Waals surface area contributed by atoms with Crippen LogP contribution in [0.2, 0.25) is 0 Å². The minimum Gasteiger partial charge on any atom is -0.330 e. The van der Waals surface area contributed by atoms with E-state index in [9.17, 15) is 0 Å². The summed E-state index contributed by atoms with van der Waals surface area (Å²) in [6, 6.07) is 0. The zero-order valence-corrected chi connectivity index (χ0v) is 8.16. The van der Waals surface area contributed by atoms with E-state index in [-0.39, 0.29) is 5.41 Å². The van der Waals surface area contributed by atoms with Crippen molar-refractivity contribution >= 4 is 0 Å². The molecule has 3 nitrogen and oxygen atoms in total. The highest BCUT2D eigenvalue weighted by molar-refractivity contribution is 5.21. The van der Waals surface area contributed by atoms with Crippen LogP contribution >= 0.6 is 0 Å². The van der Waals surface area contributed by atoms with Crippen LogP contribution in [0.4, 0.5) is 0 Å². The summed E-state index contributed by atoms with van der Waals surface area (Å²) in [7, 11) is 1.96. The molecule has 1 aliphatic carbocycles. The molecule has 72 valence electrons. The van der Waals surface area contributed by atoms with Crippen molar-refractivity contribution in [3.63, 3.8) is 0 Å². The van der Waals surface area contributed by atoms with Gasteiger partial charge in [-0.05, 0) is 18.4 Å². The van der Waals surface area contributed by atoms with Crippen LogP contribution in [0.5, 0.6) is 0 Å². The van der Waals surface area contributed by atoms with Gasteiger partial charge in [0.2, 0.25) is 0 Å². The summed E-state index contributed by atoms with van der Waals surface area (Å²) in [6.07, 6.45) is 9.17. The van der Waals surface area contributed by atoms with E-state index in [0.717, 1.165) is 6.54 Å². The van der Waals surface area contributed by atoms with Crippen molar-refractivity contribution in [3.8, 4) is 0 Å². The number of nitrogens with zero attached hydrogens (tertiary/aromatic N) is 2. The van der Waals surface area contributed by atoms with Crippen molar-refractivity contribution in [1.29, 1.82) is 0 Å². The monoisotopic (exact) mass is 179 g/mol. The van der Waals surface area contributed by atoms with E-state index in [2.05, 4.69) is 11.3 Å². The van der Waals surface area contributed by atoms with Crippen LogP contribution in [0.25, 0.3) is 0 Å². The normalized spacial score (nSPS) is 20.8. The number of aromatic nitrogens is 2. The van der Waals surface area contributed by atoms with Gasteiger partial charge in [0.05, 0.1) is 6.20 Å². The summed E-state index contributed by atoms with van der Waals surface area (Å²) in [5.41, 5.74) is 7.45. The molecule has 1 aromatic heterocycles. The molecular weight excluding hydrogens is 162 g/mol. The van der Waals surface area contributed by atoms with E-state index in [0.29, 0.717) is 0 Å². The molecule has 0 radical (unpaired) electrons. The third kappa shape index (κ3) is 1.37. The highest BCUT2D eigenvalue weighted by Crippen LogP contribution is 2.39. The molecule has 0 unspecified atom stereocenters. The molecule has 1 aromatic rings. The zero-order chi connectivity index (χ0) is 9.31. The third-order valence-corrected chi connectivity index (χ3v) is 3.27. The van der Waals surface area contributed by atoms with Crippen molar-refractivity contribution in [1.82, 2.24) is 9.78 Å². The summed E-state index contributed by atoms with van der Waals surface area (Å²) >= 11 is 0. The van der Waals surface area contributed by atoms with Gasteiger partial charge in [-0.15, -0.1) is 0 Å². The molecule has 0 bridgehead atoms. The highest BCUT2D eigenvalue weighted by Gasteiger charge is 2.34. The lowest BCUT2D eigenvalue weighted by Crippen LogP contribution is -2.31. The molecule has 0 aliphatic heterocycles. The van der Waals surface area contributed by atoms with Crippen molar-refractivity contribution in [3.05, 3.63) is 18.0 Å². The maximum absolute atomic E-state index is 5.87. The van der Waals surface area contributed by atoms with E-state index in [1.165, 1.54) is 31.2 Å². The van der Waals surface area contributed by atoms with Crippen molar-refractivity contribution in [2.75, 3.05) is 6.54 Å². The second kappa shape index (κ2) is 3.14. The fraction of sp³-hybridized carbons (Fsp3) is 0.700. The summed E-state index contributed by atoms with van der Waals surface area (Å²) in [6.45, 7) is 0.763. The maximum Gasteiger partial charge on any atom is 0.0527 e. The molecule has 0 spiro atoms. The maximum atomic E-state index is 5.87. The predicted molar refractivity (Wildman–Crippen MR) is 52.4 cm³/mol. The molecule has 2 N–H and O–H groups in total. The van der Waals surface area contributed by atoms with Crippen LogP contribution in [-0.2, 0) is 12.5 Å². The van der Waals surface area contributed by atoms with Crippen LogP contribution in [0, 0.1) is 0 Å². The molecule has 0 saturated heterocycles. The summed E-state index contributed by atoms with van der Waals surface area (Å²) in [5, 5.41) is 4.22. The van der Waals surface area contributed by atoms with Gasteiger partial charge in [0.1, 0.15) is 0 Å². The van der Waals surface area contributed by atoms with Crippen molar-refractivity contribution in [2.24, 2.45) is 12.8 Å². The molecule has 1 fully saturated rings. The second-order valence-corrected chi connectivity index (χ2v) is 4.09. The quantitative estimate of drug-likeness (QED) is 0.741. The Morgan fingerprint density at radius 1 is 1.54 bits per heavy atom. The van der Waals surface area contributed by atoms with Crippen molar-refractivity contribution < 1.29 is 0 Å². The highest BCUT2D eigenvalue weighted by atomic mass is 15.2. The Labute approximate surface area is 78.9 Å². The topological polar surface area (TPSA) is 43.8 Å². The number of nitrogens with two attached hydrogens (primary N) is 1. The molecule has 0 amide bonds. The van der Waals surface area contributed by atoms with Gasteiger partial charge in [-0.1, -0.05) is 12.8 Å². The standard InChI is InChI=1S/C10H17N3/c1-13-7-9(6-12-13)10(8-11)4-2-3-5-10/h6-7H,2-5,8,11H2,1H3. The predicted octanol–water partition coefficient (Wildman–Crippen LogP) is 1.19. The van der Waals surface area contributed by atoms with Gasteiger partial charge >= 0.3 is 0 Å². The first-order valence-electron chi connectivity index (χ1n) is 4.96. The average molecular weight is 179 g/mol. The fourth-order valence-electron chi connectivity index (χ4n) is 2.36. The minimum absolute atomic E-state index is 0.244. The fourth-order valence-corrected chi connectivity index (χ4v) is 2.36. The average Bonchev–Trinajstić information content (AvgIpc) is 2.73. The Bertz CT molecular complexity index is 284. The van der Waals surface area contributed by atoms with Gasteiger partial charge in [0.15, 0.2) is 0 Å². The Hall–Kier alpha value is -0.830. The first-order valence-corrected chi connectivity index (χ1v) is 4.96. The Morgan fingerprint density at radius 3 is 2.69 bits per heavy atom. The molecule has 0 atom stereocenters. The summed E-state index contributed by atoms with van der Waals surface area (Å²) in [5.74, 6) is 0. The molecule has 2 rings (SSSR count). The molecule has 1 aliphatic rings. The Morgan fingerprint density at radius 2 is 2.23 bits per heavy atom. The van der Waals surface area contributed by atoms with Gasteiger partial charge in [0, 0.05) is 25.2 Å². The van der Waals surface area contributed by atoms with E-state index in [4.69, 9.17) is 5.73 Å². The zero-order valence-electron chi connectivity index (χ0n) is 8.16. The lowest BCUT2D eigenvalue weighted by molar-refractivity contribution is 0.452. The van der Waals surface area contributed by atoms with Crippen LogP contribution in [0.3, 0.4) is 0 Å². The number of rotatable bonds is 2. The first kappa shape index (κ1) is 8.75. The lowest BCUT2D eigenvalue weighted by atomic mass is 9.81. The van der Waals surface area contributed by atoms with Crippen LogP contribution in [-0.4, -0.2) is 16.3 Å². The third-order valence-electron chi connectivity index (χ3n) is 3.27. The largest absolute Gasteiger partial charge is 0.330 e. The van der Waals surface area contributed by atoms with Crippen LogP contribution in [0.1, 0.15) is 31.2 Å². The molecule has 0 aromatic carbocycles. The molecule has 1 heterocycles. The van der Waals surface area contributed by atoms with E-state index in [1.807, 2.05) is 17.9 Å². The van der Waals surface area contributed by atoms with E-state index < -0.39 is 0 Å².